The minimum absolute atomic E-state index is 0. The van der Waals surface area contributed by atoms with Gasteiger partial charge in [-0.15, -0.1) is 12.4 Å². The fraction of sp³-hybridized carbons (Fsp3) is 0.429. The number of primary amides is 1. The number of alkyl halides is 3. The lowest BCUT2D eigenvalue weighted by atomic mass is 10.1. The number of amides is 3. The van der Waals surface area contributed by atoms with Crippen LogP contribution in [-0.4, -0.2) is 18.0 Å². The molecule has 136 valence electrons. The first-order chi connectivity index (χ1) is 10.7. The highest BCUT2D eigenvalue weighted by molar-refractivity contribution is 5.97. The van der Waals surface area contributed by atoms with Crippen LogP contribution in [0.15, 0.2) is 18.2 Å². The van der Waals surface area contributed by atoms with Crippen LogP contribution in [0.5, 0.6) is 0 Å². The predicted octanol–water partition coefficient (Wildman–Crippen LogP) is 2.36. The Morgan fingerprint density at radius 1 is 1.25 bits per heavy atom. The minimum atomic E-state index is -4.56. The number of carbonyl (C=O) groups is 2. The molecule has 6 nitrogen and oxygen atoms in total. The standard InChI is InChI=1S/C14H19F3N4O2.ClH/c1-2-3-11(21-13(19)23)12(22)20-10-5-8(7-18)4-9(6-10)14(15,16)17;/h4-6,11H,2-3,7,18H2,1H3,(H,20,22)(H3,19,21,23);1H/t11-;/m1./s1. The van der Waals surface area contributed by atoms with E-state index >= 15 is 0 Å². The zero-order chi connectivity index (χ0) is 17.6. The van der Waals surface area contributed by atoms with E-state index in [1.807, 2.05) is 0 Å². The fourth-order valence-corrected chi connectivity index (χ4v) is 2.00. The molecule has 10 heteroatoms. The Balaban J connectivity index is 0.00000529. The van der Waals surface area contributed by atoms with Crippen LogP contribution in [0.25, 0.3) is 0 Å². The van der Waals surface area contributed by atoms with E-state index in [-0.39, 0.29) is 30.2 Å². The molecule has 0 aromatic heterocycles. The molecular formula is C14H20ClF3N4O2. The zero-order valence-corrected chi connectivity index (χ0v) is 13.8. The molecule has 1 rings (SSSR count). The quantitative estimate of drug-likeness (QED) is 0.618. The Morgan fingerprint density at radius 2 is 1.88 bits per heavy atom. The van der Waals surface area contributed by atoms with Crippen molar-refractivity contribution in [3.05, 3.63) is 29.3 Å². The Labute approximate surface area is 143 Å². The molecule has 0 fully saturated rings. The summed E-state index contributed by atoms with van der Waals surface area (Å²) in [7, 11) is 0. The van der Waals surface area contributed by atoms with Gasteiger partial charge in [-0.2, -0.15) is 13.2 Å². The van der Waals surface area contributed by atoms with Crippen LogP contribution in [-0.2, 0) is 17.5 Å². The molecule has 0 aliphatic rings. The van der Waals surface area contributed by atoms with Gasteiger partial charge in [0, 0.05) is 12.2 Å². The van der Waals surface area contributed by atoms with Gasteiger partial charge in [-0.25, -0.2) is 4.79 Å². The third-order valence-electron chi connectivity index (χ3n) is 3.03. The molecule has 0 radical (unpaired) electrons. The lowest BCUT2D eigenvalue weighted by molar-refractivity contribution is -0.137. The monoisotopic (exact) mass is 368 g/mol. The van der Waals surface area contributed by atoms with Gasteiger partial charge in [0.1, 0.15) is 6.04 Å². The first-order valence-corrected chi connectivity index (χ1v) is 6.95. The molecule has 3 amide bonds. The molecular weight excluding hydrogens is 349 g/mol. The van der Waals surface area contributed by atoms with E-state index in [1.165, 1.54) is 6.07 Å². The summed E-state index contributed by atoms with van der Waals surface area (Å²) in [5.41, 5.74) is 9.64. The minimum Gasteiger partial charge on any atom is -0.352 e. The van der Waals surface area contributed by atoms with E-state index in [9.17, 15) is 22.8 Å². The van der Waals surface area contributed by atoms with Gasteiger partial charge in [-0.1, -0.05) is 13.3 Å². The van der Waals surface area contributed by atoms with Gasteiger partial charge in [-0.05, 0) is 30.2 Å². The second-order valence-corrected chi connectivity index (χ2v) is 4.96. The largest absolute Gasteiger partial charge is 0.416 e. The maximum atomic E-state index is 12.8. The Hall–Kier alpha value is -2.00. The summed E-state index contributed by atoms with van der Waals surface area (Å²) in [6.45, 7) is 1.68. The van der Waals surface area contributed by atoms with Crippen LogP contribution in [0.1, 0.15) is 30.9 Å². The van der Waals surface area contributed by atoms with Crippen molar-refractivity contribution in [1.82, 2.24) is 5.32 Å². The number of nitrogens with one attached hydrogen (secondary N) is 2. The highest BCUT2D eigenvalue weighted by atomic mass is 35.5. The Morgan fingerprint density at radius 3 is 2.33 bits per heavy atom. The van der Waals surface area contributed by atoms with Gasteiger partial charge in [-0.3, -0.25) is 4.79 Å². The fourth-order valence-electron chi connectivity index (χ4n) is 2.00. The van der Waals surface area contributed by atoms with Crippen LogP contribution < -0.4 is 22.1 Å². The van der Waals surface area contributed by atoms with Gasteiger partial charge in [0.15, 0.2) is 0 Å². The summed E-state index contributed by atoms with van der Waals surface area (Å²) in [4.78, 5) is 23.0. The van der Waals surface area contributed by atoms with Crippen molar-refractivity contribution in [3.8, 4) is 0 Å². The highest BCUT2D eigenvalue weighted by Crippen LogP contribution is 2.32. The number of hydrogen-bond acceptors (Lipinski definition) is 3. The Kier molecular flexibility index (Phi) is 8.56. The van der Waals surface area contributed by atoms with Gasteiger partial charge >= 0.3 is 12.2 Å². The van der Waals surface area contributed by atoms with Crippen molar-refractivity contribution >= 4 is 30.0 Å². The van der Waals surface area contributed by atoms with E-state index in [4.69, 9.17) is 11.5 Å². The van der Waals surface area contributed by atoms with Crippen molar-refractivity contribution in [2.24, 2.45) is 11.5 Å². The molecule has 0 heterocycles. The zero-order valence-electron chi connectivity index (χ0n) is 12.9. The molecule has 0 aliphatic carbocycles. The maximum absolute atomic E-state index is 12.8. The number of urea groups is 1. The van der Waals surface area contributed by atoms with Crippen LogP contribution in [0.4, 0.5) is 23.7 Å². The van der Waals surface area contributed by atoms with Crippen molar-refractivity contribution in [2.75, 3.05) is 5.32 Å². The molecule has 1 aromatic carbocycles. The third kappa shape index (κ3) is 6.63. The number of benzene rings is 1. The van der Waals surface area contributed by atoms with Crippen LogP contribution in [0.2, 0.25) is 0 Å². The summed E-state index contributed by atoms with van der Waals surface area (Å²) in [5.74, 6) is -0.645. The number of anilines is 1. The molecule has 0 saturated heterocycles. The molecule has 24 heavy (non-hydrogen) atoms. The van der Waals surface area contributed by atoms with Crippen molar-refractivity contribution in [1.29, 1.82) is 0 Å². The first-order valence-electron chi connectivity index (χ1n) is 6.95. The van der Waals surface area contributed by atoms with Crippen LogP contribution in [0.3, 0.4) is 0 Å². The number of halogens is 4. The SMILES string of the molecule is CCC[C@@H](NC(N)=O)C(=O)Nc1cc(CN)cc(C(F)(F)F)c1.Cl. The second-order valence-electron chi connectivity index (χ2n) is 4.96. The predicted molar refractivity (Wildman–Crippen MR) is 86.6 cm³/mol. The average molecular weight is 369 g/mol. The van der Waals surface area contributed by atoms with E-state index in [2.05, 4.69) is 10.6 Å². The van der Waals surface area contributed by atoms with Crippen molar-refractivity contribution in [2.45, 2.75) is 38.5 Å². The average Bonchev–Trinajstić information content (AvgIpc) is 2.45. The first kappa shape index (κ1) is 22.0. The number of rotatable bonds is 6. The third-order valence-corrected chi connectivity index (χ3v) is 3.03. The van der Waals surface area contributed by atoms with Crippen molar-refractivity contribution < 1.29 is 22.8 Å². The summed E-state index contributed by atoms with van der Waals surface area (Å²) in [6.07, 6.45) is -3.68. The highest BCUT2D eigenvalue weighted by Gasteiger charge is 2.31. The summed E-state index contributed by atoms with van der Waals surface area (Å²) in [5, 5.41) is 4.61. The summed E-state index contributed by atoms with van der Waals surface area (Å²) >= 11 is 0. The van der Waals surface area contributed by atoms with E-state index < -0.39 is 29.7 Å². The molecule has 0 bridgehead atoms. The van der Waals surface area contributed by atoms with Gasteiger partial charge in [0.25, 0.3) is 0 Å². The van der Waals surface area contributed by atoms with Crippen LogP contribution >= 0.6 is 12.4 Å². The van der Waals surface area contributed by atoms with Gasteiger partial charge < -0.3 is 22.1 Å². The topological polar surface area (TPSA) is 110 Å². The maximum Gasteiger partial charge on any atom is 0.416 e. The normalized spacial score (nSPS) is 12.0. The summed E-state index contributed by atoms with van der Waals surface area (Å²) < 4.78 is 38.5. The molecule has 0 unspecified atom stereocenters. The van der Waals surface area contributed by atoms with Gasteiger partial charge in [0.2, 0.25) is 5.91 Å². The van der Waals surface area contributed by atoms with Gasteiger partial charge in [0.05, 0.1) is 5.56 Å². The van der Waals surface area contributed by atoms with Crippen molar-refractivity contribution in [3.63, 3.8) is 0 Å². The smallest absolute Gasteiger partial charge is 0.352 e. The number of hydrogen-bond donors (Lipinski definition) is 4. The van der Waals surface area contributed by atoms with E-state index in [1.54, 1.807) is 6.92 Å². The lowest BCUT2D eigenvalue weighted by Gasteiger charge is -2.18. The van der Waals surface area contributed by atoms with E-state index in [0.717, 1.165) is 12.1 Å². The molecule has 1 atom stereocenters. The molecule has 0 spiro atoms. The lowest BCUT2D eigenvalue weighted by Crippen LogP contribution is -2.46. The van der Waals surface area contributed by atoms with E-state index in [0.29, 0.717) is 12.8 Å². The summed E-state index contributed by atoms with van der Waals surface area (Å²) in [6, 6.07) is 1.27. The number of carbonyl (C=O) groups excluding carboxylic acids is 2. The Bertz CT molecular complexity index is 582. The number of nitrogens with two attached hydrogens (primary N) is 2. The van der Waals surface area contributed by atoms with Crippen LogP contribution in [0, 0.1) is 0 Å². The molecule has 1 aromatic rings. The molecule has 6 N–H and O–H groups in total. The molecule has 0 saturated carbocycles. The second kappa shape index (κ2) is 9.33. The molecule has 0 aliphatic heterocycles.